The Hall–Kier alpha value is -0.940. The highest BCUT2D eigenvalue weighted by atomic mass is 79.9. The maximum absolute atomic E-state index is 11.5. The van der Waals surface area contributed by atoms with Crippen LogP contribution in [0.1, 0.15) is 17.3 Å². The topological polar surface area (TPSA) is 62.2 Å². The van der Waals surface area contributed by atoms with E-state index in [9.17, 15) is 4.79 Å². The Labute approximate surface area is 90.5 Å². The van der Waals surface area contributed by atoms with Gasteiger partial charge in [0.1, 0.15) is 0 Å². The highest BCUT2D eigenvalue weighted by Gasteiger charge is 2.09. The van der Waals surface area contributed by atoms with Crippen molar-refractivity contribution in [2.45, 2.75) is 13.0 Å². The van der Waals surface area contributed by atoms with Gasteiger partial charge in [0.15, 0.2) is 0 Å². The first-order chi connectivity index (χ1) is 6.63. The van der Waals surface area contributed by atoms with Gasteiger partial charge >= 0.3 is 0 Å². The molecule has 4 nitrogen and oxygen atoms in total. The van der Waals surface area contributed by atoms with Crippen LogP contribution in [0, 0.1) is 0 Å². The normalized spacial score (nSPS) is 12.2. The molecule has 1 heterocycles. The Morgan fingerprint density at radius 2 is 2.43 bits per heavy atom. The summed E-state index contributed by atoms with van der Waals surface area (Å²) in [6.45, 7) is 1.65. The standard InChI is InChI=1S/C9H11BrN2O2/c1-6(5-13)12-9(14)7-2-8(10)4-11-3-7/h2-4,6,13H,5H2,1H3,(H,12,14). The molecule has 14 heavy (non-hydrogen) atoms. The molecule has 0 aliphatic heterocycles. The molecule has 1 aromatic rings. The van der Waals surface area contributed by atoms with Crippen molar-refractivity contribution in [1.29, 1.82) is 0 Å². The number of aliphatic hydroxyl groups excluding tert-OH is 1. The van der Waals surface area contributed by atoms with Crippen molar-refractivity contribution in [3.8, 4) is 0 Å². The van der Waals surface area contributed by atoms with Gasteiger partial charge in [0.2, 0.25) is 0 Å². The summed E-state index contributed by atoms with van der Waals surface area (Å²) in [6, 6.07) is 1.42. The minimum absolute atomic E-state index is 0.0762. The molecule has 5 heteroatoms. The van der Waals surface area contributed by atoms with Crippen LogP contribution in [0.4, 0.5) is 0 Å². The van der Waals surface area contributed by atoms with Crippen molar-refractivity contribution in [1.82, 2.24) is 10.3 Å². The monoisotopic (exact) mass is 258 g/mol. The van der Waals surface area contributed by atoms with Crippen LogP contribution >= 0.6 is 15.9 Å². The van der Waals surface area contributed by atoms with Gasteiger partial charge in [0, 0.05) is 22.9 Å². The summed E-state index contributed by atoms with van der Waals surface area (Å²) in [4.78, 5) is 15.4. The van der Waals surface area contributed by atoms with Gasteiger partial charge in [-0.15, -0.1) is 0 Å². The smallest absolute Gasteiger partial charge is 0.253 e. The SMILES string of the molecule is CC(CO)NC(=O)c1cncc(Br)c1. The number of pyridine rings is 1. The minimum Gasteiger partial charge on any atom is -0.394 e. The van der Waals surface area contributed by atoms with Crippen LogP contribution in [0.5, 0.6) is 0 Å². The van der Waals surface area contributed by atoms with E-state index in [1.807, 2.05) is 0 Å². The maximum atomic E-state index is 11.5. The van der Waals surface area contributed by atoms with Crippen LogP contribution in [-0.2, 0) is 0 Å². The number of carbonyl (C=O) groups is 1. The van der Waals surface area contributed by atoms with Crippen molar-refractivity contribution in [3.05, 3.63) is 28.5 Å². The average molecular weight is 259 g/mol. The van der Waals surface area contributed by atoms with Gasteiger partial charge in [-0.1, -0.05) is 0 Å². The summed E-state index contributed by atoms with van der Waals surface area (Å²) in [5.74, 6) is -0.236. The van der Waals surface area contributed by atoms with E-state index in [4.69, 9.17) is 5.11 Å². The molecule has 1 atom stereocenters. The molecule has 0 aromatic carbocycles. The van der Waals surface area contributed by atoms with Crippen LogP contribution in [-0.4, -0.2) is 28.6 Å². The number of nitrogens with one attached hydrogen (secondary N) is 1. The van der Waals surface area contributed by atoms with E-state index in [1.54, 1.807) is 19.2 Å². The van der Waals surface area contributed by atoms with E-state index >= 15 is 0 Å². The molecule has 1 rings (SSSR count). The lowest BCUT2D eigenvalue weighted by molar-refractivity contribution is 0.0922. The molecule has 0 fully saturated rings. The lowest BCUT2D eigenvalue weighted by atomic mass is 10.2. The third kappa shape index (κ3) is 3.08. The Balaban J connectivity index is 2.70. The molecular weight excluding hydrogens is 248 g/mol. The van der Waals surface area contributed by atoms with Gasteiger partial charge in [-0.05, 0) is 28.9 Å². The fourth-order valence-electron chi connectivity index (χ4n) is 0.889. The number of rotatable bonds is 3. The number of amides is 1. The molecule has 76 valence electrons. The Morgan fingerprint density at radius 1 is 1.71 bits per heavy atom. The van der Waals surface area contributed by atoms with Gasteiger partial charge in [0.25, 0.3) is 5.91 Å². The molecule has 1 unspecified atom stereocenters. The largest absolute Gasteiger partial charge is 0.394 e. The summed E-state index contributed by atoms with van der Waals surface area (Å²) >= 11 is 3.22. The quantitative estimate of drug-likeness (QED) is 0.849. The molecule has 1 aromatic heterocycles. The summed E-state index contributed by atoms with van der Waals surface area (Å²) in [5.41, 5.74) is 0.472. The van der Waals surface area contributed by atoms with Gasteiger partial charge in [-0.25, -0.2) is 0 Å². The number of hydrogen-bond donors (Lipinski definition) is 2. The van der Waals surface area contributed by atoms with E-state index in [0.29, 0.717) is 5.56 Å². The van der Waals surface area contributed by atoms with E-state index in [0.717, 1.165) is 4.47 Å². The molecule has 2 N–H and O–H groups in total. The van der Waals surface area contributed by atoms with Crippen LogP contribution in [0.2, 0.25) is 0 Å². The zero-order valence-electron chi connectivity index (χ0n) is 7.70. The maximum Gasteiger partial charge on any atom is 0.253 e. The van der Waals surface area contributed by atoms with Crippen molar-refractivity contribution >= 4 is 21.8 Å². The third-order valence-electron chi connectivity index (χ3n) is 1.62. The highest BCUT2D eigenvalue weighted by Crippen LogP contribution is 2.09. The van der Waals surface area contributed by atoms with Gasteiger partial charge < -0.3 is 10.4 Å². The van der Waals surface area contributed by atoms with Crippen molar-refractivity contribution < 1.29 is 9.90 Å². The van der Waals surface area contributed by atoms with Crippen LogP contribution in [0.25, 0.3) is 0 Å². The summed E-state index contributed by atoms with van der Waals surface area (Å²) in [7, 11) is 0. The summed E-state index contributed by atoms with van der Waals surface area (Å²) in [6.07, 6.45) is 3.08. The van der Waals surface area contributed by atoms with E-state index in [2.05, 4.69) is 26.2 Å². The van der Waals surface area contributed by atoms with Crippen LogP contribution < -0.4 is 5.32 Å². The number of nitrogens with zero attached hydrogens (tertiary/aromatic N) is 1. The average Bonchev–Trinajstić information content (AvgIpc) is 2.17. The molecule has 0 saturated heterocycles. The first-order valence-electron chi connectivity index (χ1n) is 4.15. The number of aromatic nitrogens is 1. The minimum atomic E-state index is -0.249. The van der Waals surface area contributed by atoms with E-state index < -0.39 is 0 Å². The predicted molar refractivity (Wildman–Crippen MR) is 56.0 cm³/mol. The van der Waals surface area contributed by atoms with Crippen LogP contribution in [0.15, 0.2) is 22.9 Å². The van der Waals surface area contributed by atoms with Gasteiger partial charge in [-0.2, -0.15) is 0 Å². The zero-order valence-corrected chi connectivity index (χ0v) is 9.28. The molecule has 0 saturated carbocycles. The van der Waals surface area contributed by atoms with Crippen LogP contribution in [0.3, 0.4) is 0 Å². The fraction of sp³-hybridized carbons (Fsp3) is 0.333. The number of hydrogen-bond acceptors (Lipinski definition) is 3. The van der Waals surface area contributed by atoms with Gasteiger partial charge in [-0.3, -0.25) is 9.78 Å². The first-order valence-corrected chi connectivity index (χ1v) is 4.95. The summed E-state index contributed by atoms with van der Waals surface area (Å²) in [5, 5.41) is 11.4. The molecular formula is C9H11BrN2O2. The molecule has 0 bridgehead atoms. The Kier molecular flexibility index (Phi) is 4.03. The van der Waals surface area contributed by atoms with Gasteiger partial charge in [0.05, 0.1) is 12.2 Å². The second kappa shape index (κ2) is 5.07. The molecule has 0 aliphatic carbocycles. The lowest BCUT2D eigenvalue weighted by Gasteiger charge is -2.10. The summed E-state index contributed by atoms with van der Waals surface area (Å²) < 4.78 is 0.752. The second-order valence-electron chi connectivity index (χ2n) is 2.95. The second-order valence-corrected chi connectivity index (χ2v) is 3.86. The number of halogens is 1. The molecule has 0 spiro atoms. The van der Waals surface area contributed by atoms with Crippen molar-refractivity contribution in [2.75, 3.05) is 6.61 Å². The molecule has 0 aliphatic rings. The van der Waals surface area contributed by atoms with E-state index in [1.165, 1.54) is 6.20 Å². The zero-order chi connectivity index (χ0) is 10.6. The van der Waals surface area contributed by atoms with Crippen molar-refractivity contribution in [2.24, 2.45) is 0 Å². The van der Waals surface area contributed by atoms with E-state index in [-0.39, 0.29) is 18.6 Å². The third-order valence-corrected chi connectivity index (χ3v) is 2.05. The predicted octanol–water partition coefficient (Wildman–Crippen LogP) is 0.955. The number of aliphatic hydroxyl groups is 1. The Bertz CT molecular complexity index is 330. The lowest BCUT2D eigenvalue weighted by Crippen LogP contribution is -2.35. The fourth-order valence-corrected chi connectivity index (χ4v) is 1.25. The first kappa shape index (κ1) is 11.1. The Morgan fingerprint density at radius 3 is 3.00 bits per heavy atom. The highest BCUT2D eigenvalue weighted by molar-refractivity contribution is 9.10. The molecule has 0 radical (unpaired) electrons. The number of carbonyl (C=O) groups excluding carboxylic acids is 1. The van der Waals surface area contributed by atoms with Crippen molar-refractivity contribution in [3.63, 3.8) is 0 Å². The molecule has 1 amide bonds.